The zero-order chi connectivity index (χ0) is 34.0. The highest BCUT2D eigenvalue weighted by molar-refractivity contribution is 6.04. The van der Waals surface area contributed by atoms with E-state index in [9.17, 15) is 0 Å². The van der Waals surface area contributed by atoms with E-state index in [0.29, 0.717) is 0 Å². The summed E-state index contributed by atoms with van der Waals surface area (Å²) in [6.07, 6.45) is 0. The van der Waals surface area contributed by atoms with E-state index in [1.54, 1.807) is 0 Å². The van der Waals surface area contributed by atoms with Crippen molar-refractivity contribution in [1.82, 2.24) is 0 Å². The van der Waals surface area contributed by atoms with Crippen LogP contribution in [0.15, 0.2) is 212 Å². The summed E-state index contributed by atoms with van der Waals surface area (Å²) in [6.45, 7) is 0. The van der Waals surface area contributed by atoms with Gasteiger partial charge in [-0.1, -0.05) is 176 Å². The Kier molecular flexibility index (Phi) is 7.92. The number of hydrogen-bond acceptors (Lipinski definition) is 1. The van der Waals surface area contributed by atoms with Gasteiger partial charge < -0.3 is 4.90 Å². The quantitative estimate of drug-likeness (QED) is 0.166. The molecule has 51 heavy (non-hydrogen) atoms. The maximum atomic E-state index is 2.40. The molecule has 9 aromatic carbocycles. The number of nitrogens with zero attached hydrogens (tertiary/aromatic N) is 1. The van der Waals surface area contributed by atoms with Gasteiger partial charge >= 0.3 is 0 Å². The predicted molar refractivity (Wildman–Crippen MR) is 218 cm³/mol. The van der Waals surface area contributed by atoms with Crippen molar-refractivity contribution in [3.05, 3.63) is 212 Å². The molecule has 0 heterocycles. The van der Waals surface area contributed by atoms with Crippen molar-refractivity contribution in [2.75, 3.05) is 4.90 Å². The molecule has 9 aromatic rings. The number of benzene rings is 9. The Balaban J connectivity index is 1.20. The minimum Gasteiger partial charge on any atom is -0.310 e. The van der Waals surface area contributed by atoms with Crippen LogP contribution in [0.3, 0.4) is 0 Å². The lowest BCUT2D eigenvalue weighted by Crippen LogP contribution is -2.11. The molecule has 0 saturated carbocycles. The lowest BCUT2D eigenvalue weighted by molar-refractivity contribution is 1.28. The third kappa shape index (κ3) is 5.86. The molecular weight excluding hydrogens is 615 g/mol. The van der Waals surface area contributed by atoms with Crippen LogP contribution in [0.1, 0.15) is 0 Å². The fourth-order valence-electron chi connectivity index (χ4n) is 7.37. The number of fused-ring (bicyclic) bond motifs is 2. The monoisotopic (exact) mass is 649 g/mol. The van der Waals surface area contributed by atoms with Crippen LogP contribution in [0.5, 0.6) is 0 Å². The largest absolute Gasteiger partial charge is 0.310 e. The van der Waals surface area contributed by atoms with Crippen molar-refractivity contribution in [1.29, 1.82) is 0 Å². The molecule has 0 spiro atoms. The summed E-state index contributed by atoms with van der Waals surface area (Å²) in [5.74, 6) is 0. The first-order chi connectivity index (χ1) is 25.3. The SMILES string of the molecule is c1ccc(-c2ccccc2N(c2ccc(-c3ccc4ccccc4c3-c3ccccc3)cc2)c2cccc(-c3ccc4ccccc4c3)c2)cc1. The standard InChI is InChI=1S/C50H35N/c1-3-15-37(16-4-1)46-23-11-12-25-49(46)51(45-22-13-21-42(35-45)43-27-26-36-14-7-8-20-41(36)34-43)44-31-28-39(29-32-44)48-33-30-38-17-9-10-24-47(38)50(48)40-18-5-2-6-19-40/h1-35H. The van der Waals surface area contributed by atoms with Gasteiger partial charge in [0.25, 0.3) is 0 Å². The lowest BCUT2D eigenvalue weighted by atomic mass is 9.89. The molecule has 0 aliphatic carbocycles. The van der Waals surface area contributed by atoms with E-state index in [0.717, 1.165) is 17.1 Å². The van der Waals surface area contributed by atoms with Crippen LogP contribution in [0, 0.1) is 0 Å². The Morgan fingerprint density at radius 2 is 0.843 bits per heavy atom. The molecule has 0 bridgehead atoms. The van der Waals surface area contributed by atoms with Crippen LogP contribution in [-0.4, -0.2) is 0 Å². The first kappa shape index (κ1) is 30.4. The Bertz CT molecular complexity index is 2620. The Morgan fingerprint density at radius 3 is 1.65 bits per heavy atom. The van der Waals surface area contributed by atoms with E-state index >= 15 is 0 Å². The van der Waals surface area contributed by atoms with Crippen molar-refractivity contribution in [2.24, 2.45) is 0 Å². The molecule has 0 N–H and O–H groups in total. The van der Waals surface area contributed by atoms with Gasteiger partial charge in [0, 0.05) is 16.9 Å². The van der Waals surface area contributed by atoms with Crippen molar-refractivity contribution in [3.8, 4) is 44.5 Å². The first-order valence-corrected chi connectivity index (χ1v) is 17.5. The lowest BCUT2D eigenvalue weighted by Gasteiger charge is -2.28. The van der Waals surface area contributed by atoms with Crippen LogP contribution in [0.2, 0.25) is 0 Å². The van der Waals surface area contributed by atoms with Gasteiger partial charge in [0.2, 0.25) is 0 Å². The number of para-hydroxylation sites is 1. The normalized spacial score (nSPS) is 11.1. The summed E-state index contributed by atoms with van der Waals surface area (Å²) in [4.78, 5) is 2.40. The number of rotatable bonds is 7. The Hall–Kier alpha value is -6.70. The second-order valence-electron chi connectivity index (χ2n) is 13.0. The molecule has 0 fully saturated rings. The number of hydrogen-bond donors (Lipinski definition) is 0. The fraction of sp³-hybridized carbons (Fsp3) is 0. The van der Waals surface area contributed by atoms with Gasteiger partial charge in [0.15, 0.2) is 0 Å². The molecule has 0 unspecified atom stereocenters. The Morgan fingerprint density at radius 1 is 0.275 bits per heavy atom. The molecule has 0 radical (unpaired) electrons. The van der Waals surface area contributed by atoms with Gasteiger partial charge in [-0.2, -0.15) is 0 Å². The molecule has 0 saturated heterocycles. The third-order valence-corrected chi connectivity index (χ3v) is 9.84. The maximum Gasteiger partial charge on any atom is 0.0540 e. The summed E-state index contributed by atoms with van der Waals surface area (Å²) in [6, 6.07) is 76.6. The smallest absolute Gasteiger partial charge is 0.0540 e. The molecule has 240 valence electrons. The molecule has 9 rings (SSSR count). The van der Waals surface area contributed by atoms with Crippen molar-refractivity contribution >= 4 is 38.6 Å². The van der Waals surface area contributed by atoms with E-state index in [-0.39, 0.29) is 0 Å². The molecular formula is C50H35N. The highest BCUT2D eigenvalue weighted by Crippen LogP contribution is 2.44. The topological polar surface area (TPSA) is 3.24 Å². The van der Waals surface area contributed by atoms with Crippen LogP contribution < -0.4 is 4.90 Å². The van der Waals surface area contributed by atoms with Crippen molar-refractivity contribution < 1.29 is 0 Å². The molecule has 1 heteroatoms. The average Bonchev–Trinajstić information content (AvgIpc) is 3.21. The zero-order valence-corrected chi connectivity index (χ0v) is 28.2. The van der Waals surface area contributed by atoms with E-state index < -0.39 is 0 Å². The van der Waals surface area contributed by atoms with Crippen LogP contribution in [0.25, 0.3) is 66.1 Å². The van der Waals surface area contributed by atoms with E-state index in [1.165, 1.54) is 66.1 Å². The first-order valence-electron chi connectivity index (χ1n) is 17.5. The van der Waals surface area contributed by atoms with Crippen LogP contribution in [-0.2, 0) is 0 Å². The van der Waals surface area contributed by atoms with E-state index in [4.69, 9.17) is 0 Å². The summed E-state index contributed by atoms with van der Waals surface area (Å²) in [7, 11) is 0. The van der Waals surface area contributed by atoms with Gasteiger partial charge in [-0.3, -0.25) is 0 Å². The average molecular weight is 650 g/mol. The van der Waals surface area contributed by atoms with Crippen molar-refractivity contribution in [2.45, 2.75) is 0 Å². The van der Waals surface area contributed by atoms with E-state index in [1.807, 2.05) is 0 Å². The van der Waals surface area contributed by atoms with Gasteiger partial charge in [-0.05, 0) is 96.9 Å². The summed E-state index contributed by atoms with van der Waals surface area (Å²) >= 11 is 0. The molecule has 1 nitrogen and oxygen atoms in total. The molecule has 0 atom stereocenters. The fourth-order valence-corrected chi connectivity index (χ4v) is 7.37. The van der Waals surface area contributed by atoms with Gasteiger partial charge in [-0.25, -0.2) is 0 Å². The van der Waals surface area contributed by atoms with Gasteiger partial charge in [0.1, 0.15) is 0 Å². The second-order valence-corrected chi connectivity index (χ2v) is 13.0. The predicted octanol–water partition coefficient (Wildman–Crippen LogP) is 14.1. The van der Waals surface area contributed by atoms with Crippen molar-refractivity contribution in [3.63, 3.8) is 0 Å². The molecule has 0 aliphatic heterocycles. The van der Waals surface area contributed by atoms with Crippen LogP contribution >= 0.6 is 0 Å². The number of anilines is 3. The third-order valence-electron chi connectivity index (χ3n) is 9.84. The minimum absolute atomic E-state index is 1.10. The van der Waals surface area contributed by atoms with Gasteiger partial charge in [-0.15, -0.1) is 0 Å². The maximum absolute atomic E-state index is 2.40. The summed E-state index contributed by atoms with van der Waals surface area (Å²) < 4.78 is 0. The Labute approximate surface area is 299 Å². The van der Waals surface area contributed by atoms with Gasteiger partial charge in [0.05, 0.1) is 5.69 Å². The summed E-state index contributed by atoms with van der Waals surface area (Å²) in [5, 5.41) is 4.99. The highest BCUT2D eigenvalue weighted by atomic mass is 15.1. The van der Waals surface area contributed by atoms with E-state index in [2.05, 4.69) is 217 Å². The summed E-state index contributed by atoms with van der Waals surface area (Å²) in [5.41, 5.74) is 13.0. The molecule has 0 aliphatic rings. The highest BCUT2D eigenvalue weighted by Gasteiger charge is 2.19. The minimum atomic E-state index is 1.10. The molecule has 0 aromatic heterocycles. The zero-order valence-electron chi connectivity index (χ0n) is 28.2. The van der Waals surface area contributed by atoms with Crippen LogP contribution in [0.4, 0.5) is 17.1 Å². The molecule has 0 amide bonds. The second kappa shape index (κ2) is 13.3.